The molecule has 1 heterocycles. The number of hydrogen-bond donors (Lipinski definition) is 1. The number of carbonyl (C=O) groups excluding carboxylic acids is 1. The molecular weight excluding hydrogens is 303 g/mol. The lowest BCUT2D eigenvalue weighted by Crippen LogP contribution is -2.11. The minimum atomic E-state index is -0.267. The van der Waals surface area contributed by atoms with Crippen LogP contribution in [-0.4, -0.2) is 17.1 Å². The predicted molar refractivity (Wildman–Crippen MR) is 96.2 cm³/mol. The van der Waals surface area contributed by atoms with Gasteiger partial charge in [-0.1, -0.05) is 36.4 Å². The fraction of sp³-hybridized carbons (Fsp3) is 0.250. The largest absolute Gasteiger partial charge is 0.347 e. The molecular formula is C20H21FN2O. The summed E-state index contributed by atoms with van der Waals surface area (Å²) in [5.74, 6) is -0.111. The number of nitrogens with one attached hydrogen (secondary N) is 1. The number of unbranched alkanes of at least 4 members (excludes halogenated alkanes) is 2. The van der Waals surface area contributed by atoms with Gasteiger partial charge in [-0.15, -0.1) is 0 Å². The molecule has 3 nitrogen and oxygen atoms in total. The molecule has 124 valence electrons. The molecule has 24 heavy (non-hydrogen) atoms. The monoisotopic (exact) mass is 324 g/mol. The average molecular weight is 324 g/mol. The molecule has 1 N–H and O–H groups in total. The Bertz CT molecular complexity index is 811. The van der Waals surface area contributed by atoms with Gasteiger partial charge in [0.15, 0.2) is 0 Å². The second-order valence-corrected chi connectivity index (χ2v) is 5.82. The van der Waals surface area contributed by atoms with Gasteiger partial charge >= 0.3 is 0 Å². The average Bonchev–Trinajstić information content (AvgIpc) is 2.99. The van der Waals surface area contributed by atoms with Gasteiger partial charge in [-0.3, -0.25) is 9.18 Å². The number of nitrogens with zero attached hydrogens (tertiary/aromatic N) is 1. The molecule has 0 bridgehead atoms. The zero-order chi connectivity index (χ0) is 16.8. The van der Waals surface area contributed by atoms with Crippen molar-refractivity contribution in [1.82, 2.24) is 4.57 Å². The van der Waals surface area contributed by atoms with Crippen LogP contribution in [0.15, 0.2) is 60.8 Å². The smallest absolute Gasteiger partial charge is 0.257 e. The number of carbonyl (C=O) groups is 1. The van der Waals surface area contributed by atoms with Crippen molar-refractivity contribution in [3.8, 4) is 0 Å². The molecule has 0 fully saturated rings. The first-order valence-corrected chi connectivity index (χ1v) is 8.30. The number of fused-ring (bicyclic) bond motifs is 1. The Kier molecular flexibility index (Phi) is 5.26. The maximum atomic E-state index is 12.6. The fourth-order valence-corrected chi connectivity index (χ4v) is 2.89. The van der Waals surface area contributed by atoms with E-state index in [1.807, 2.05) is 60.8 Å². The van der Waals surface area contributed by atoms with Crippen LogP contribution >= 0.6 is 0 Å². The lowest BCUT2D eigenvalue weighted by molar-refractivity contribution is 0.102. The second-order valence-electron chi connectivity index (χ2n) is 5.82. The predicted octanol–water partition coefficient (Wildman–Crippen LogP) is 5.03. The number of anilines is 1. The van der Waals surface area contributed by atoms with Crippen molar-refractivity contribution < 1.29 is 9.18 Å². The van der Waals surface area contributed by atoms with Crippen molar-refractivity contribution in [3.63, 3.8) is 0 Å². The number of para-hydroxylation sites is 2. The molecule has 0 atom stereocenters. The molecule has 1 amide bonds. The Hall–Kier alpha value is -2.62. The quantitative estimate of drug-likeness (QED) is 0.607. The Morgan fingerprint density at radius 3 is 2.50 bits per heavy atom. The third-order valence-corrected chi connectivity index (χ3v) is 4.10. The van der Waals surface area contributed by atoms with Crippen molar-refractivity contribution in [2.45, 2.75) is 25.8 Å². The molecule has 0 saturated heterocycles. The first-order chi connectivity index (χ1) is 11.8. The molecule has 0 aliphatic heterocycles. The van der Waals surface area contributed by atoms with E-state index < -0.39 is 0 Å². The number of hydrogen-bond acceptors (Lipinski definition) is 1. The van der Waals surface area contributed by atoms with Gasteiger partial charge in [0, 0.05) is 29.3 Å². The highest BCUT2D eigenvalue weighted by molar-refractivity contribution is 6.12. The highest BCUT2D eigenvalue weighted by Gasteiger charge is 2.14. The summed E-state index contributed by atoms with van der Waals surface area (Å²) >= 11 is 0. The van der Waals surface area contributed by atoms with Crippen molar-refractivity contribution in [2.75, 3.05) is 12.0 Å². The molecule has 0 unspecified atom stereocenters. The third kappa shape index (κ3) is 3.65. The molecule has 3 rings (SSSR count). The van der Waals surface area contributed by atoms with Gasteiger partial charge in [-0.25, -0.2) is 0 Å². The molecule has 0 aliphatic carbocycles. The summed E-state index contributed by atoms with van der Waals surface area (Å²) in [6.07, 6.45) is 4.26. The summed E-state index contributed by atoms with van der Waals surface area (Å²) in [5, 5.41) is 3.88. The van der Waals surface area contributed by atoms with Gasteiger partial charge < -0.3 is 9.88 Å². The normalized spacial score (nSPS) is 10.9. The molecule has 0 saturated carbocycles. The summed E-state index contributed by atoms with van der Waals surface area (Å²) in [6, 6.07) is 17.3. The zero-order valence-corrected chi connectivity index (χ0v) is 13.5. The van der Waals surface area contributed by atoms with Gasteiger partial charge in [-0.05, 0) is 37.5 Å². The molecule has 4 heteroatoms. The number of aromatic nitrogens is 1. The van der Waals surface area contributed by atoms with Gasteiger partial charge in [0.2, 0.25) is 0 Å². The first kappa shape index (κ1) is 16.2. The maximum Gasteiger partial charge on any atom is 0.257 e. The Morgan fingerprint density at radius 2 is 1.71 bits per heavy atom. The van der Waals surface area contributed by atoms with E-state index in [2.05, 4.69) is 9.88 Å². The van der Waals surface area contributed by atoms with Crippen LogP contribution in [0.3, 0.4) is 0 Å². The van der Waals surface area contributed by atoms with E-state index in [1.54, 1.807) is 0 Å². The number of rotatable bonds is 7. The summed E-state index contributed by atoms with van der Waals surface area (Å²) < 4.78 is 14.3. The molecule has 3 aromatic rings. The van der Waals surface area contributed by atoms with E-state index in [1.165, 1.54) is 0 Å². The highest BCUT2D eigenvalue weighted by Crippen LogP contribution is 2.23. The zero-order valence-electron chi connectivity index (χ0n) is 13.5. The Labute approximate surface area is 141 Å². The minimum absolute atomic E-state index is 0.111. The van der Waals surface area contributed by atoms with E-state index in [4.69, 9.17) is 0 Å². The van der Waals surface area contributed by atoms with Crippen molar-refractivity contribution in [3.05, 3.63) is 66.4 Å². The first-order valence-electron chi connectivity index (χ1n) is 8.30. The molecule has 0 radical (unpaired) electrons. The number of halogens is 1. The minimum Gasteiger partial charge on any atom is -0.347 e. The van der Waals surface area contributed by atoms with Crippen LogP contribution in [0.1, 0.15) is 29.6 Å². The van der Waals surface area contributed by atoms with Gasteiger partial charge in [0.25, 0.3) is 5.91 Å². The van der Waals surface area contributed by atoms with E-state index in [0.717, 1.165) is 36.0 Å². The van der Waals surface area contributed by atoms with Gasteiger partial charge in [0.1, 0.15) is 0 Å². The fourth-order valence-electron chi connectivity index (χ4n) is 2.89. The van der Waals surface area contributed by atoms with E-state index in [0.29, 0.717) is 12.0 Å². The number of alkyl halides is 1. The summed E-state index contributed by atoms with van der Waals surface area (Å²) in [4.78, 5) is 12.6. The van der Waals surface area contributed by atoms with E-state index in [9.17, 15) is 9.18 Å². The standard InChI is InChI=1S/C20H21FN2O/c21-13-7-2-8-14-23-15-18(17-11-5-6-12-19(17)23)20(24)22-16-9-3-1-4-10-16/h1,3-6,9-12,15H,2,7-8,13-14H2,(H,22,24). The molecule has 1 aromatic heterocycles. The second kappa shape index (κ2) is 7.77. The topological polar surface area (TPSA) is 34.0 Å². The van der Waals surface area contributed by atoms with Crippen LogP contribution < -0.4 is 5.32 Å². The number of aryl methyl sites for hydroxylation is 1. The van der Waals surface area contributed by atoms with Crippen LogP contribution in [0.2, 0.25) is 0 Å². The number of benzene rings is 2. The highest BCUT2D eigenvalue weighted by atomic mass is 19.1. The van der Waals surface area contributed by atoms with Gasteiger partial charge in [-0.2, -0.15) is 0 Å². The lowest BCUT2D eigenvalue weighted by Gasteiger charge is -2.04. The summed E-state index contributed by atoms with van der Waals surface area (Å²) in [5.41, 5.74) is 2.48. The van der Waals surface area contributed by atoms with E-state index in [-0.39, 0.29) is 12.6 Å². The van der Waals surface area contributed by atoms with Crippen molar-refractivity contribution in [1.29, 1.82) is 0 Å². The summed E-state index contributed by atoms with van der Waals surface area (Å²) in [7, 11) is 0. The molecule has 2 aromatic carbocycles. The lowest BCUT2D eigenvalue weighted by atomic mass is 10.1. The van der Waals surface area contributed by atoms with Crippen LogP contribution in [0.25, 0.3) is 10.9 Å². The Morgan fingerprint density at radius 1 is 0.958 bits per heavy atom. The summed E-state index contributed by atoms with van der Waals surface area (Å²) in [6.45, 7) is 0.524. The van der Waals surface area contributed by atoms with Crippen molar-refractivity contribution in [2.24, 2.45) is 0 Å². The molecule has 0 aliphatic rings. The number of amides is 1. The third-order valence-electron chi connectivity index (χ3n) is 4.10. The van der Waals surface area contributed by atoms with Crippen LogP contribution in [0, 0.1) is 0 Å². The van der Waals surface area contributed by atoms with Gasteiger partial charge in [0.05, 0.1) is 12.2 Å². The van der Waals surface area contributed by atoms with Crippen molar-refractivity contribution >= 4 is 22.5 Å². The van der Waals surface area contributed by atoms with Crippen LogP contribution in [-0.2, 0) is 6.54 Å². The van der Waals surface area contributed by atoms with Crippen LogP contribution in [0.5, 0.6) is 0 Å². The molecule has 0 spiro atoms. The van der Waals surface area contributed by atoms with E-state index >= 15 is 0 Å². The maximum absolute atomic E-state index is 12.6. The SMILES string of the molecule is O=C(Nc1ccccc1)c1cn(CCCCCF)c2ccccc12. The van der Waals surface area contributed by atoms with Crippen LogP contribution in [0.4, 0.5) is 10.1 Å². The Balaban J connectivity index is 1.83.